The van der Waals surface area contributed by atoms with E-state index in [0.29, 0.717) is 25.4 Å². The van der Waals surface area contributed by atoms with Crippen molar-refractivity contribution < 1.29 is 9.53 Å². The topological polar surface area (TPSA) is 26.3 Å². The third-order valence-electron chi connectivity index (χ3n) is 3.42. The van der Waals surface area contributed by atoms with Gasteiger partial charge in [-0.3, -0.25) is 4.79 Å². The van der Waals surface area contributed by atoms with Crippen LogP contribution in [0.25, 0.3) is 0 Å². The number of carbonyl (C=O) groups excluding carboxylic acids is 1. The third-order valence-corrected chi connectivity index (χ3v) is 3.42. The van der Waals surface area contributed by atoms with E-state index in [9.17, 15) is 4.79 Å². The standard InChI is InChI=1S/C14H26O2/c1-2-3-4-5-6-7-8-9-13-12-16-11-10-14(13)15/h13H,2-12H2,1H3. The highest BCUT2D eigenvalue weighted by molar-refractivity contribution is 5.81. The van der Waals surface area contributed by atoms with Crippen LogP contribution in [-0.2, 0) is 9.53 Å². The number of carbonyl (C=O) groups is 1. The molecule has 1 rings (SSSR count). The molecule has 0 aromatic heterocycles. The number of rotatable bonds is 8. The molecule has 1 aliphatic rings. The lowest BCUT2D eigenvalue weighted by molar-refractivity contribution is -0.130. The minimum Gasteiger partial charge on any atom is -0.380 e. The summed E-state index contributed by atoms with van der Waals surface area (Å²) < 4.78 is 5.34. The van der Waals surface area contributed by atoms with Crippen molar-refractivity contribution in [3.8, 4) is 0 Å². The van der Waals surface area contributed by atoms with Gasteiger partial charge >= 0.3 is 0 Å². The number of ketones is 1. The van der Waals surface area contributed by atoms with E-state index in [0.717, 1.165) is 6.42 Å². The third kappa shape index (κ3) is 5.64. The highest BCUT2D eigenvalue weighted by Crippen LogP contribution is 2.18. The van der Waals surface area contributed by atoms with Crippen LogP contribution in [0.1, 0.15) is 64.7 Å². The highest BCUT2D eigenvalue weighted by Gasteiger charge is 2.21. The fourth-order valence-electron chi connectivity index (χ4n) is 2.29. The molecule has 1 fully saturated rings. The van der Waals surface area contributed by atoms with Crippen molar-refractivity contribution >= 4 is 5.78 Å². The molecule has 0 aromatic carbocycles. The number of ether oxygens (including phenoxy) is 1. The van der Waals surface area contributed by atoms with Gasteiger partial charge in [0.2, 0.25) is 0 Å². The van der Waals surface area contributed by atoms with Crippen LogP contribution in [0.5, 0.6) is 0 Å². The van der Waals surface area contributed by atoms with Crippen LogP contribution in [0.2, 0.25) is 0 Å². The molecule has 0 amide bonds. The molecular formula is C14H26O2. The Morgan fingerprint density at radius 2 is 1.81 bits per heavy atom. The van der Waals surface area contributed by atoms with Crippen LogP contribution in [0.3, 0.4) is 0 Å². The first-order valence-electron chi connectivity index (χ1n) is 6.95. The lowest BCUT2D eigenvalue weighted by atomic mass is 9.94. The average Bonchev–Trinajstić information content (AvgIpc) is 2.30. The maximum absolute atomic E-state index is 11.5. The van der Waals surface area contributed by atoms with Gasteiger partial charge in [0.1, 0.15) is 5.78 Å². The lowest BCUT2D eigenvalue weighted by Crippen LogP contribution is -2.27. The van der Waals surface area contributed by atoms with E-state index in [1.165, 1.54) is 44.9 Å². The Morgan fingerprint density at radius 3 is 2.50 bits per heavy atom. The second kappa shape index (κ2) is 8.74. The largest absolute Gasteiger partial charge is 0.380 e. The first-order chi connectivity index (χ1) is 7.84. The Hall–Kier alpha value is -0.370. The fourth-order valence-corrected chi connectivity index (χ4v) is 2.29. The van der Waals surface area contributed by atoms with Crippen LogP contribution >= 0.6 is 0 Å². The molecular weight excluding hydrogens is 200 g/mol. The molecule has 16 heavy (non-hydrogen) atoms. The quantitative estimate of drug-likeness (QED) is 0.589. The monoisotopic (exact) mass is 226 g/mol. The SMILES string of the molecule is CCCCCCCCCC1COCCC1=O. The van der Waals surface area contributed by atoms with Crippen LogP contribution in [-0.4, -0.2) is 19.0 Å². The smallest absolute Gasteiger partial charge is 0.140 e. The molecule has 2 heteroatoms. The van der Waals surface area contributed by atoms with E-state index >= 15 is 0 Å². The van der Waals surface area contributed by atoms with Crippen molar-refractivity contribution in [1.29, 1.82) is 0 Å². The summed E-state index contributed by atoms with van der Waals surface area (Å²) in [6, 6.07) is 0. The van der Waals surface area contributed by atoms with Gasteiger partial charge < -0.3 is 4.74 Å². The minimum atomic E-state index is 0.212. The normalized spacial score (nSPS) is 21.3. The second-order valence-corrected chi connectivity index (χ2v) is 4.90. The summed E-state index contributed by atoms with van der Waals surface area (Å²) in [7, 11) is 0. The molecule has 2 nitrogen and oxygen atoms in total. The molecule has 1 heterocycles. The molecule has 0 bridgehead atoms. The van der Waals surface area contributed by atoms with Crippen molar-refractivity contribution in [3.63, 3.8) is 0 Å². The molecule has 0 aliphatic carbocycles. The molecule has 0 radical (unpaired) electrons. The van der Waals surface area contributed by atoms with Crippen molar-refractivity contribution in [1.82, 2.24) is 0 Å². The van der Waals surface area contributed by atoms with Crippen LogP contribution in [0.4, 0.5) is 0 Å². The zero-order valence-electron chi connectivity index (χ0n) is 10.7. The first-order valence-corrected chi connectivity index (χ1v) is 6.95. The van der Waals surface area contributed by atoms with Crippen LogP contribution in [0.15, 0.2) is 0 Å². The number of hydrogen-bond acceptors (Lipinski definition) is 2. The van der Waals surface area contributed by atoms with Crippen molar-refractivity contribution in [2.24, 2.45) is 5.92 Å². The van der Waals surface area contributed by atoms with Gasteiger partial charge in [0.15, 0.2) is 0 Å². The molecule has 0 aromatic rings. The Kier molecular flexibility index (Phi) is 7.48. The van der Waals surface area contributed by atoms with E-state index in [2.05, 4.69) is 6.92 Å². The zero-order valence-corrected chi connectivity index (χ0v) is 10.7. The minimum absolute atomic E-state index is 0.212. The van der Waals surface area contributed by atoms with Gasteiger partial charge in [-0.25, -0.2) is 0 Å². The maximum atomic E-state index is 11.5. The summed E-state index contributed by atoms with van der Waals surface area (Å²) in [6.45, 7) is 3.57. The van der Waals surface area contributed by atoms with Gasteiger partial charge in [0, 0.05) is 12.3 Å². The number of unbranched alkanes of at least 4 members (excludes halogenated alkanes) is 6. The second-order valence-electron chi connectivity index (χ2n) is 4.90. The van der Waals surface area contributed by atoms with E-state index in [-0.39, 0.29) is 5.92 Å². The molecule has 1 saturated heterocycles. The predicted octanol–water partition coefficient (Wildman–Crippen LogP) is 3.73. The van der Waals surface area contributed by atoms with E-state index in [1.54, 1.807) is 0 Å². The van der Waals surface area contributed by atoms with Crippen LogP contribution < -0.4 is 0 Å². The molecule has 1 atom stereocenters. The maximum Gasteiger partial charge on any atom is 0.140 e. The zero-order chi connectivity index (χ0) is 11.6. The summed E-state index contributed by atoms with van der Waals surface area (Å²) in [5.74, 6) is 0.640. The number of hydrogen-bond donors (Lipinski definition) is 0. The van der Waals surface area contributed by atoms with E-state index in [1.807, 2.05) is 0 Å². The molecule has 0 N–H and O–H groups in total. The van der Waals surface area contributed by atoms with Gasteiger partial charge in [-0.1, -0.05) is 51.9 Å². The predicted molar refractivity (Wildman–Crippen MR) is 66.5 cm³/mol. The van der Waals surface area contributed by atoms with Gasteiger partial charge in [-0.05, 0) is 6.42 Å². The van der Waals surface area contributed by atoms with E-state index in [4.69, 9.17) is 4.74 Å². The van der Waals surface area contributed by atoms with Gasteiger partial charge in [-0.15, -0.1) is 0 Å². The summed E-state index contributed by atoms with van der Waals surface area (Å²) in [5.41, 5.74) is 0. The molecule has 0 saturated carbocycles. The summed E-state index contributed by atoms with van der Waals surface area (Å²) in [6.07, 6.45) is 10.9. The van der Waals surface area contributed by atoms with Gasteiger partial charge in [-0.2, -0.15) is 0 Å². The molecule has 0 spiro atoms. The fraction of sp³-hybridized carbons (Fsp3) is 0.929. The lowest BCUT2D eigenvalue weighted by Gasteiger charge is -2.20. The summed E-state index contributed by atoms with van der Waals surface area (Å²) in [4.78, 5) is 11.5. The first kappa shape index (κ1) is 13.7. The molecule has 94 valence electrons. The van der Waals surface area contributed by atoms with Crippen molar-refractivity contribution in [3.05, 3.63) is 0 Å². The Bertz CT molecular complexity index is 189. The van der Waals surface area contributed by atoms with E-state index < -0.39 is 0 Å². The highest BCUT2D eigenvalue weighted by atomic mass is 16.5. The van der Waals surface area contributed by atoms with Crippen molar-refractivity contribution in [2.45, 2.75) is 64.7 Å². The Morgan fingerprint density at radius 1 is 1.12 bits per heavy atom. The molecule has 1 aliphatic heterocycles. The average molecular weight is 226 g/mol. The van der Waals surface area contributed by atoms with Crippen molar-refractivity contribution in [2.75, 3.05) is 13.2 Å². The Balaban J connectivity index is 1.92. The summed E-state index contributed by atoms with van der Waals surface area (Å²) >= 11 is 0. The number of Topliss-reactive ketones (excluding diaryl/α,β-unsaturated/α-hetero) is 1. The molecule has 1 unspecified atom stereocenters. The van der Waals surface area contributed by atoms with Crippen LogP contribution in [0, 0.1) is 5.92 Å². The van der Waals surface area contributed by atoms with Gasteiger partial charge in [0.25, 0.3) is 0 Å². The summed E-state index contributed by atoms with van der Waals surface area (Å²) in [5, 5.41) is 0. The van der Waals surface area contributed by atoms with Gasteiger partial charge in [0.05, 0.1) is 13.2 Å². The Labute approximate surface area is 99.8 Å².